The summed E-state index contributed by atoms with van der Waals surface area (Å²) in [7, 11) is 3.93. The van der Waals surface area contributed by atoms with E-state index in [0.717, 1.165) is 24.1 Å². The Kier molecular flexibility index (Phi) is 2.52. The van der Waals surface area contributed by atoms with Gasteiger partial charge in [0.2, 0.25) is 0 Å². The summed E-state index contributed by atoms with van der Waals surface area (Å²) in [4.78, 5) is 10.7. The number of nitrogens with zero attached hydrogens (tertiary/aromatic N) is 3. The highest BCUT2D eigenvalue weighted by molar-refractivity contribution is 5.42. The summed E-state index contributed by atoms with van der Waals surface area (Å²) in [6.07, 6.45) is 6.27. The van der Waals surface area contributed by atoms with Crippen LogP contribution in [0.15, 0.2) is 12.4 Å². The van der Waals surface area contributed by atoms with Crippen LogP contribution in [0.4, 0.5) is 11.6 Å². The normalized spacial score (nSPS) is 15.3. The highest BCUT2D eigenvalue weighted by Gasteiger charge is 2.23. The maximum atomic E-state index is 4.42. The Morgan fingerprint density at radius 2 is 2.29 bits per heavy atom. The monoisotopic (exact) mass is 192 g/mol. The molecule has 0 aliphatic heterocycles. The smallest absolute Gasteiger partial charge is 0.149 e. The Balaban J connectivity index is 2.05. The predicted molar refractivity (Wildman–Crippen MR) is 57.6 cm³/mol. The van der Waals surface area contributed by atoms with Crippen LogP contribution in [-0.4, -0.2) is 30.6 Å². The number of hydrogen-bond acceptors (Lipinski definition) is 4. The average Bonchev–Trinajstić information content (AvgIpc) is 3.02. The molecular formula is C10H16N4. The molecule has 14 heavy (non-hydrogen) atoms. The molecule has 1 N–H and O–H groups in total. The van der Waals surface area contributed by atoms with E-state index < -0.39 is 0 Å². The summed E-state index contributed by atoms with van der Waals surface area (Å²) in [6, 6.07) is 0. The van der Waals surface area contributed by atoms with Crippen molar-refractivity contribution in [2.45, 2.75) is 12.8 Å². The van der Waals surface area contributed by atoms with Crippen LogP contribution in [0.1, 0.15) is 12.8 Å². The van der Waals surface area contributed by atoms with Crippen molar-refractivity contribution in [3.63, 3.8) is 0 Å². The fourth-order valence-corrected chi connectivity index (χ4v) is 1.44. The number of anilines is 2. The topological polar surface area (TPSA) is 41.1 Å². The van der Waals surface area contributed by atoms with Crippen LogP contribution in [0.5, 0.6) is 0 Å². The van der Waals surface area contributed by atoms with Crippen LogP contribution < -0.4 is 10.2 Å². The first-order valence-corrected chi connectivity index (χ1v) is 5.00. The van der Waals surface area contributed by atoms with E-state index in [4.69, 9.17) is 0 Å². The molecule has 1 aromatic heterocycles. The maximum Gasteiger partial charge on any atom is 0.149 e. The van der Waals surface area contributed by atoms with Gasteiger partial charge in [-0.1, -0.05) is 0 Å². The van der Waals surface area contributed by atoms with E-state index in [9.17, 15) is 0 Å². The van der Waals surface area contributed by atoms with Gasteiger partial charge in [0.15, 0.2) is 0 Å². The third kappa shape index (κ3) is 2.13. The summed E-state index contributed by atoms with van der Waals surface area (Å²) in [6.45, 7) is 1.10. The maximum absolute atomic E-state index is 4.42. The van der Waals surface area contributed by atoms with Crippen molar-refractivity contribution in [3.05, 3.63) is 12.4 Å². The molecule has 0 unspecified atom stereocenters. The molecule has 1 aliphatic carbocycles. The van der Waals surface area contributed by atoms with Gasteiger partial charge in [0, 0.05) is 20.6 Å². The molecule has 1 heterocycles. The van der Waals surface area contributed by atoms with Gasteiger partial charge in [-0.05, 0) is 18.8 Å². The second kappa shape index (κ2) is 3.82. The molecule has 4 heteroatoms. The minimum absolute atomic E-state index is 0.824. The third-order valence-corrected chi connectivity index (χ3v) is 2.50. The van der Waals surface area contributed by atoms with E-state index >= 15 is 0 Å². The number of nitrogens with one attached hydrogen (secondary N) is 1. The van der Waals surface area contributed by atoms with Crippen LogP contribution in [0, 0.1) is 5.92 Å². The molecule has 0 radical (unpaired) electrons. The summed E-state index contributed by atoms with van der Waals surface area (Å²) in [5.41, 5.74) is 0. The number of aromatic nitrogens is 2. The summed E-state index contributed by atoms with van der Waals surface area (Å²) in [5, 5.41) is 2.99. The Morgan fingerprint density at radius 1 is 1.50 bits per heavy atom. The summed E-state index contributed by atoms with van der Waals surface area (Å²) in [5.74, 6) is 2.65. The summed E-state index contributed by atoms with van der Waals surface area (Å²) < 4.78 is 0. The molecule has 1 aliphatic rings. The predicted octanol–water partition coefficient (Wildman–Crippen LogP) is 1.36. The van der Waals surface area contributed by atoms with E-state index in [1.807, 2.05) is 13.2 Å². The minimum Gasteiger partial charge on any atom is -0.372 e. The Hall–Kier alpha value is -1.32. The van der Waals surface area contributed by atoms with Crippen molar-refractivity contribution in [1.29, 1.82) is 0 Å². The molecule has 1 fully saturated rings. The molecule has 76 valence electrons. The highest BCUT2D eigenvalue weighted by atomic mass is 15.2. The van der Waals surface area contributed by atoms with Crippen LogP contribution >= 0.6 is 0 Å². The van der Waals surface area contributed by atoms with Gasteiger partial charge in [0.25, 0.3) is 0 Å². The first kappa shape index (κ1) is 9.24. The zero-order valence-electron chi connectivity index (χ0n) is 8.70. The van der Waals surface area contributed by atoms with E-state index in [1.165, 1.54) is 12.8 Å². The van der Waals surface area contributed by atoms with Gasteiger partial charge in [0.1, 0.15) is 11.6 Å². The van der Waals surface area contributed by atoms with E-state index in [1.54, 1.807) is 6.20 Å². The Bertz CT molecular complexity index is 309. The standard InChI is InChI=1S/C10H16N4/c1-11-9-5-12-6-10(13-9)14(2)7-8-3-4-8/h5-6,8H,3-4,7H2,1-2H3,(H,11,13). The van der Waals surface area contributed by atoms with Crippen LogP contribution in [0.2, 0.25) is 0 Å². The average molecular weight is 192 g/mol. The fourth-order valence-electron chi connectivity index (χ4n) is 1.44. The number of hydrogen-bond donors (Lipinski definition) is 1. The molecule has 1 aromatic rings. The van der Waals surface area contributed by atoms with Crippen molar-refractivity contribution >= 4 is 11.6 Å². The lowest BCUT2D eigenvalue weighted by Crippen LogP contribution is -2.21. The lowest BCUT2D eigenvalue weighted by atomic mass is 10.4. The molecule has 4 nitrogen and oxygen atoms in total. The van der Waals surface area contributed by atoms with Crippen molar-refractivity contribution in [2.24, 2.45) is 5.92 Å². The van der Waals surface area contributed by atoms with Gasteiger partial charge >= 0.3 is 0 Å². The zero-order chi connectivity index (χ0) is 9.97. The lowest BCUT2D eigenvalue weighted by Gasteiger charge is -2.17. The molecule has 1 saturated carbocycles. The van der Waals surface area contributed by atoms with Gasteiger partial charge < -0.3 is 10.2 Å². The largest absolute Gasteiger partial charge is 0.372 e. The molecule has 2 rings (SSSR count). The summed E-state index contributed by atoms with van der Waals surface area (Å²) >= 11 is 0. The molecule has 0 saturated heterocycles. The fraction of sp³-hybridized carbons (Fsp3) is 0.600. The van der Waals surface area contributed by atoms with Gasteiger partial charge in [-0.2, -0.15) is 0 Å². The van der Waals surface area contributed by atoms with Crippen molar-refractivity contribution in [3.8, 4) is 0 Å². The molecule has 0 amide bonds. The first-order valence-electron chi connectivity index (χ1n) is 5.00. The van der Waals surface area contributed by atoms with Crippen molar-refractivity contribution < 1.29 is 0 Å². The second-order valence-corrected chi connectivity index (χ2v) is 3.84. The lowest BCUT2D eigenvalue weighted by molar-refractivity contribution is 0.775. The zero-order valence-corrected chi connectivity index (χ0v) is 8.70. The van der Waals surface area contributed by atoms with Gasteiger partial charge in [0.05, 0.1) is 12.4 Å². The molecule has 0 spiro atoms. The molecule has 0 atom stereocenters. The number of rotatable bonds is 4. The van der Waals surface area contributed by atoms with Crippen LogP contribution in [-0.2, 0) is 0 Å². The van der Waals surface area contributed by atoms with Crippen LogP contribution in [0.25, 0.3) is 0 Å². The Labute approximate surface area is 84.4 Å². The highest BCUT2D eigenvalue weighted by Crippen LogP contribution is 2.30. The van der Waals surface area contributed by atoms with E-state index in [2.05, 4.69) is 27.2 Å². The van der Waals surface area contributed by atoms with Gasteiger partial charge in [-0.25, -0.2) is 4.98 Å². The van der Waals surface area contributed by atoms with Crippen LogP contribution in [0.3, 0.4) is 0 Å². The molecule has 0 bridgehead atoms. The minimum atomic E-state index is 0.824. The third-order valence-electron chi connectivity index (χ3n) is 2.50. The SMILES string of the molecule is CNc1cncc(N(C)CC2CC2)n1. The second-order valence-electron chi connectivity index (χ2n) is 3.84. The van der Waals surface area contributed by atoms with Crippen molar-refractivity contribution in [1.82, 2.24) is 9.97 Å². The van der Waals surface area contributed by atoms with Crippen molar-refractivity contribution in [2.75, 3.05) is 30.9 Å². The van der Waals surface area contributed by atoms with Gasteiger partial charge in [-0.15, -0.1) is 0 Å². The van der Waals surface area contributed by atoms with Gasteiger partial charge in [-0.3, -0.25) is 4.98 Å². The Morgan fingerprint density at radius 3 is 2.93 bits per heavy atom. The molecular weight excluding hydrogens is 176 g/mol. The van der Waals surface area contributed by atoms with E-state index in [0.29, 0.717) is 0 Å². The van der Waals surface area contributed by atoms with E-state index in [-0.39, 0.29) is 0 Å². The quantitative estimate of drug-likeness (QED) is 0.782. The first-order chi connectivity index (χ1) is 6.79. The molecule has 0 aromatic carbocycles.